The first-order valence-electron chi connectivity index (χ1n) is 15.9. The van der Waals surface area contributed by atoms with Crippen LogP contribution in [-0.2, 0) is 0 Å². The quantitative estimate of drug-likeness (QED) is 0.186. The average Bonchev–Trinajstić information content (AvgIpc) is 3.76. The van der Waals surface area contributed by atoms with E-state index in [1.54, 1.807) is 0 Å². The van der Waals surface area contributed by atoms with Crippen LogP contribution in [0.15, 0.2) is 152 Å². The number of aromatic nitrogens is 1. The first kappa shape index (κ1) is 24.6. The van der Waals surface area contributed by atoms with Crippen molar-refractivity contribution < 1.29 is 0 Å². The lowest BCUT2D eigenvalue weighted by Gasteiger charge is -2.13. The highest BCUT2D eigenvalue weighted by molar-refractivity contribution is 7.25. The second-order valence-corrected chi connectivity index (χ2v) is 13.5. The molecule has 0 spiro atoms. The predicted octanol–water partition coefficient (Wildman–Crippen LogP) is 12.8. The van der Waals surface area contributed by atoms with Crippen molar-refractivity contribution in [3.05, 3.63) is 152 Å². The third-order valence-electron chi connectivity index (χ3n) is 10.1. The largest absolute Gasteiger partial charge is 0.309 e. The molecular weight excluding hydrogens is 575 g/mol. The van der Waals surface area contributed by atoms with E-state index in [1.807, 2.05) is 11.3 Å². The Morgan fingerprint density at radius 3 is 2.00 bits per heavy atom. The van der Waals surface area contributed by atoms with Crippen LogP contribution in [0.2, 0.25) is 0 Å². The van der Waals surface area contributed by atoms with Crippen molar-refractivity contribution in [3.8, 4) is 39.1 Å². The normalized spacial score (nSPS) is 12.3. The highest BCUT2D eigenvalue weighted by Crippen LogP contribution is 2.49. The smallest absolute Gasteiger partial charge is 0.0548 e. The van der Waals surface area contributed by atoms with Crippen molar-refractivity contribution >= 4 is 74.9 Å². The molecule has 1 aliphatic carbocycles. The Hall–Kier alpha value is -5.70. The van der Waals surface area contributed by atoms with E-state index in [4.69, 9.17) is 0 Å². The Morgan fingerprint density at radius 1 is 0.370 bits per heavy atom. The fourth-order valence-electron chi connectivity index (χ4n) is 8.16. The van der Waals surface area contributed by atoms with Gasteiger partial charge in [0.1, 0.15) is 0 Å². The van der Waals surface area contributed by atoms with Crippen LogP contribution >= 0.6 is 11.3 Å². The van der Waals surface area contributed by atoms with Gasteiger partial charge in [-0.2, -0.15) is 0 Å². The molecule has 1 aliphatic rings. The minimum Gasteiger partial charge on any atom is -0.309 e. The van der Waals surface area contributed by atoms with E-state index in [0.29, 0.717) is 0 Å². The Kier molecular flexibility index (Phi) is 4.78. The number of benzene rings is 8. The number of thiophene rings is 1. The van der Waals surface area contributed by atoms with Crippen LogP contribution in [0.4, 0.5) is 0 Å². The molecule has 11 rings (SSSR count). The first-order chi connectivity index (χ1) is 22.8. The number of nitrogens with zero attached hydrogens (tertiary/aromatic N) is 1. The van der Waals surface area contributed by atoms with Crippen molar-refractivity contribution in [3.63, 3.8) is 0 Å². The lowest BCUT2D eigenvalue weighted by Crippen LogP contribution is -1.94. The summed E-state index contributed by atoms with van der Waals surface area (Å²) < 4.78 is 5.16. The van der Waals surface area contributed by atoms with E-state index >= 15 is 0 Å². The summed E-state index contributed by atoms with van der Waals surface area (Å²) in [6.07, 6.45) is 0. The highest BCUT2D eigenvalue weighted by atomic mass is 32.1. The van der Waals surface area contributed by atoms with E-state index in [1.165, 1.54) is 103 Å². The molecule has 2 heteroatoms. The van der Waals surface area contributed by atoms with Crippen LogP contribution in [0.3, 0.4) is 0 Å². The number of hydrogen-bond acceptors (Lipinski definition) is 1. The molecule has 0 saturated heterocycles. The van der Waals surface area contributed by atoms with Gasteiger partial charge in [-0.15, -0.1) is 11.3 Å². The molecule has 2 heterocycles. The highest BCUT2D eigenvalue weighted by Gasteiger charge is 2.23. The van der Waals surface area contributed by atoms with Crippen LogP contribution in [0.5, 0.6) is 0 Å². The van der Waals surface area contributed by atoms with Gasteiger partial charge in [-0.25, -0.2) is 0 Å². The molecule has 0 aliphatic heterocycles. The molecule has 0 amide bonds. The fraction of sp³-hybridized carbons (Fsp3) is 0. The van der Waals surface area contributed by atoms with Crippen molar-refractivity contribution in [2.75, 3.05) is 0 Å². The minimum atomic E-state index is 1.18. The van der Waals surface area contributed by atoms with Gasteiger partial charge >= 0.3 is 0 Å². The predicted molar refractivity (Wildman–Crippen MR) is 199 cm³/mol. The van der Waals surface area contributed by atoms with Gasteiger partial charge in [0.05, 0.1) is 11.0 Å². The lowest BCUT2D eigenvalue weighted by molar-refractivity contribution is 1.18. The maximum absolute atomic E-state index is 2.49. The molecule has 8 aromatic carbocycles. The van der Waals surface area contributed by atoms with Gasteiger partial charge in [-0.3, -0.25) is 0 Å². The van der Waals surface area contributed by atoms with Crippen molar-refractivity contribution in [2.24, 2.45) is 0 Å². The molecule has 0 fully saturated rings. The number of fused-ring (bicyclic) bond motifs is 11. The van der Waals surface area contributed by atoms with Crippen molar-refractivity contribution in [1.82, 2.24) is 4.57 Å². The van der Waals surface area contributed by atoms with E-state index in [2.05, 4.69) is 156 Å². The Morgan fingerprint density at radius 2 is 1.09 bits per heavy atom. The summed E-state index contributed by atoms with van der Waals surface area (Å²) in [5.74, 6) is 0. The standard InChI is InChI=1S/C44H25NS/c1-2-12-30-26(9-1)19-22-39-44(30)38-25-42-37(33-15-5-6-18-41(33)46-42)24-40(38)45(39)28-11-7-10-27(23-28)29-20-21-36-32-14-4-3-13-31(32)35-17-8-16-34(29)43(35)36/h1-25H. The van der Waals surface area contributed by atoms with Crippen LogP contribution in [-0.4, -0.2) is 4.57 Å². The second-order valence-electron chi connectivity index (χ2n) is 12.5. The molecule has 0 unspecified atom stereocenters. The zero-order chi connectivity index (χ0) is 29.9. The Labute approximate surface area is 269 Å². The third kappa shape index (κ3) is 3.19. The molecule has 0 bridgehead atoms. The molecule has 0 atom stereocenters. The average molecular weight is 600 g/mol. The molecule has 1 nitrogen and oxygen atoms in total. The monoisotopic (exact) mass is 599 g/mol. The van der Waals surface area contributed by atoms with Gasteiger partial charge in [-0.05, 0) is 91.3 Å². The van der Waals surface area contributed by atoms with E-state index < -0.39 is 0 Å². The second kappa shape index (κ2) is 8.94. The maximum Gasteiger partial charge on any atom is 0.0548 e. The first-order valence-corrected chi connectivity index (χ1v) is 16.7. The van der Waals surface area contributed by atoms with Gasteiger partial charge in [-0.1, -0.05) is 115 Å². The molecule has 0 radical (unpaired) electrons. The van der Waals surface area contributed by atoms with Crippen LogP contribution in [0.25, 0.3) is 103 Å². The fourth-order valence-corrected chi connectivity index (χ4v) is 9.28. The molecule has 212 valence electrons. The van der Waals surface area contributed by atoms with Gasteiger partial charge in [0.2, 0.25) is 0 Å². The van der Waals surface area contributed by atoms with Crippen molar-refractivity contribution in [1.29, 1.82) is 0 Å². The number of hydrogen-bond donors (Lipinski definition) is 0. The van der Waals surface area contributed by atoms with Gasteiger partial charge < -0.3 is 4.57 Å². The van der Waals surface area contributed by atoms with Gasteiger partial charge in [0.15, 0.2) is 0 Å². The Bertz CT molecular complexity index is 2890. The molecule has 0 N–H and O–H groups in total. The molecular formula is C44H25NS. The SMILES string of the molecule is c1cc(-c2ccc3c4c(cccc24)-c2ccccc2-3)cc(-n2c3cc4c(cc3c3c5ccccc5ccc32)sc2ccccc24)c1. The molecule has 2 aromatic heterocycles. The van der Waals surface area contributed by atoms with E-state index in [0.717, 1.165) is 0 Å². The zero-order valence-corrected chi connectivity index (χ0v) is 25.6. The maximum atomic E-state index is 2.49. The summed E-state index contributed by atoms with van der Waals surface area (Å²) in [6, 6.07) is 56.4. The lowest BCUT2D eigenvalue weighted by atomic mass is 9.94. The van der Waals surface area contributed by atoms with Crippen LogP contribution < -0.4 is 0 Å². The van der Waals surface area contributed by atoms with E-state index in [9.17, 15) is 0 Å². The zero-order valence-electron chi connectivity index (χ0n) is 24.8. The van der Waals surface area contributed by atoms with Crippen LogP contribution in [0.1, 0.15) is 0 Å². The van der Waals surface area contributed by atoms with Crippen LogP contribution in [0, 0.1) is 0 Å². The van der Waals surface area contributed by atoms with Crippen molar-refractivity contribution in [2.45, 2.75) is 0 Å². The summed E-state index contributed by atoms with van der Waals surface area (Å²) in [4.78, 5) is 0. The summed E-state index contributed by atoms with van der Waals surface area (Å²) in [7, 11) is 0. The number of rotatable bonds is 2. The van der Waals surface area contributed by atoms with Gasteiger partial charge in [0.25, 0.3) is 0 Å². The molecule has 46 heavy (non-hydrogen) atoms. The topological polar surface area (TPSA) is 4.93 Å². The Balaban J connectivity index is 1.21. The summed E-state index contributed by atoms with van der Waals surface area (Å²) >= 11 is 1.89. The molecule has 0 saturated carbocycles. The third-order valence-corrected chi connectivity index (χ3v) is 11.3. The summed E-state index contributed by atoms with van der Waals surface area (Å²) in [5, 5.41) is 10.5. The van der Waals surface area contributed by atoms with E-state index in [-0.39, 0.29) is 0 Å². The van der Waals surface area contributed by atoms with Gasteiger partial charge in [0, 0.05) is 36.6 Å². The molecule has 10 aromatic rings. The summed E-state index contributed by atoms with van der Waals surface area (Å²) in [6.45, 7) is 0. The minimum absolute atomic E-state index is 1.18. The summed E-state index contributed by atoms with van der Waals surface area (Å²) in [5.41, 5.74) is 11.5.